The van der Waals surface area contributed by atoms with Crippen molar-refractivity contribution in [3.63, 3.8) is 0 Å². The van der Waals surface area contributed by atoms with Crippen molar-refractivity contribution in [1.29, 1.82) is 0 Å². The largest absolute Gasteiger partial charge is 0.496 e. The van der Waals surface area contributed by atoms with Gasteiger partial charge in [0.05, 0.1) is 38.1 Å². The number of methoxy groups -OCH3 is 3. The lowest BCUT2D eigenvalue weighted by molar-refractivity contribution is 0.377. The Labute approximate surface area is 156 Å². The third-order valence-electron chi connectivity index (χ3n) is 4.64. The van der Waals surface area contributed by atoms with Gasteiger partial charge in [-0.05, 0) is 24.3 Å². The third kappa shape index (κ3) is 2.68. The Kier molecular flexibility index (Phi) is 4.19. The first kappa shape index (κ1) is 17.0. The summed E-state index contributed by atoms with van der Waals surface area (Å²) in [7, 11) is 6.85. The molecule has 0 N–H and O–H groups in total. The van der Waals surface area contributed by atoms with Crippen LogP contribution in [0.4, 0.5) is 0 Å². The van der Waals surface area contributed by atoms with E-state index in [-0.39, 0.29) is 0 Å². The van der Waals surface area contributed by atoms with Crippen molar-refractivity contribution in [2.24, 2.45) is 7.05 Å². The molecule has 0 radical (unpaired) electrons. The summed E-state index contributed by atoms with van der Waals surface area (Å²) in [5.41, 5.74) is 3.57. The number of hydrogen-bond acceptors (Lipinski definition) is 5. The fraction of sp³-hybridized carbons (Fsp3) is 0.200. The number of hydrogen-bond donors (Lipinski definition) is 0. The summed E-state index contributed by atoms with van der Waals surface area (Å²) < 4.78 is 20.4. The fourth-order valence-electron chi connectivity index (χ4n) is 3.26. The van der Waals surface area contributed by atoms with Gasteiger partial charge in [0.25, 0.3) is 0 Å². The lowest BCUT2D eigenvalue weighted by Gasteiger charge is -2.16. The smallest absolute Gasteiger partial charge is 0.136 e. The summed E-state index contributed by atoms with van der Waals surface area (Å²) in [6, 6.07) is 15.6. The third-order valence-corrected chi connectivity index (χ3v) is 4.64. The van der Waals surface area contributed by atoms with Crippen molar-refractivity contribution >= 4 is 11.0 Å². The number of benzene rings is 2. The molecule has 0 amide bonds. The zero-order valence-electron chi connectivity index (χ0n) is 15.6. The first-order chi connectivity index (χ1) is 13.2. The zero-order chi connectivity index (χ0) is 19.0. The van der Waals surface area contributed by atoms with E-state index in [9.17, 15) is 0 Å². The van der Waals surface area contributed by atoms with Crippen LogP contribution < -0.4 is 14.2 Å². The average molecular weight is 364 g/mol. The van der Waals surface area contributed by atoms with Gasteiger partial charge in [0.15, 0.2) is 0 Å². The molecule has 7 heteroatoms. The van der Waals surface area contributed by atoms with Crippen molar-refractivity contribution in [3.05, 3.63) is 48.5 Å². The van der Waals surface area contributed by atoms with Crippen molar-refractivity contribution in [1.82, 2.24) is 19.6 Å². The highest BCUT2D eigenvalue weighted by Crippen LogP contribution is 2.42. The second-order valence-electron chi connectivity index (χ2n) is 6.03. The molecule has 0 aliphatic carbocycles. The second-order valence-corrected chi connectivity index (χ2v) is 6.03. The monoisotopic (exact) mass is 364 g/mol. The summed E-state index contributed by atoms with van der Waals surface area (Å²) in [6.45, 7) is 0. The number of rotatable bonds is 5. The number of para-hydroxylation sites is 1. The van der Waals surface area contributed by atoms with Crippen molar-refractivity contribution in [2.45, 2.75) is 0 Å². The molecule has 27 heavy (non-hydrogen) atoms. The summed E-state index contributed by atoms with van der Waals surface area (Å²) >= 11 is 0. The molecule has 0 saturated carbocycles. The van der Waals surface area contributed by atoms with Crippen LogP contribution in [-0.4, -0.2) is 40.9 Å². The SMILES string of the molecule is COc1cc(OC)c(-c2ccc(-n3nnc4ccccc43)n2C)c(OC)c1. The van der Waals surface area contributed by atoms with Crippen LogP contribution in [0.2, 0.25) is 0 Å². The molecule has 0 aliphatic heterocycles. The van der Waals surface area contributed by atoms with Gasteiger partial charge in [0.2, 0.25) is 0 Å². The maximum Gasteiger partial charge on any atom is 0.136 e. The lowest BCUT2D eigenvalue weighted by Crippen LogP contribution is -2.05. The molecule has 7 nitrogen and oxygen atoms in total. The van der Waals surface area contributed by atoms with Crippen LogP contribution in [0.25, 0.3) is 28.1 Å². The van der Waals surface area contributed by atoms with E-state index in [1.807, 2.05) is 64.8 Å². The van der Waals surface area contributed by atoms with E-state index in [2.05, 4.69) is 10.3 Å². The van der Waals surface area contributed by atoms with E-state index >= 15 is 0 Å². The maximum absolute atomic E-state index is 5.60. The second kappa shape index (κ2) is 6.68. The summed E-state index contributed by atoms with van der Waals surface area (Å²) in [5, 5.41) is 8.55. The van der Waals surface area contributed by atoms with E-state index in [0.29, 0.717) is 17.2 Å². The minimum Gasteiger partial charge on any atom is -0.496 e. The average Bonchev–Trinajstić information content (AvgIpc) is 3.30. The number of aromatic nitrogens is 4. The molecule has 0 unspecified atom stereocenters. The van der Waals surface area contributed by atoms with Gasteiger partial charge in [0.1, 0.15) is 28.6 Å². The molecule has 138 valence electrons. The van der Waals surface area contributed by atoms with Crippen molar-refractivity contribution < 1.29 is 14.2 Å². The number of nitrogens with zero attached hydrogens (tertiary/aromatic N) is 4. The highest BCUT2D eigenvalue weighted by atomic mass is 16.5. The standard InChI is InChI=1S/C20H20N4O3/c1-23-16(20-17(26-3)11-13(25-2)12-18(20)27-4)9-10-19(23)24-15-8-6-5-7-14(15)21-22-24/h5-12H,1-4H3. The molecule has 4 aromatic rings. The van der Waals surface area contributed by atoms with Crippen LogP contribution in [0.5, 0.6) is 17.2 Å². The van der Waals surface area contributed by atoms with Gasteiger partial charge in [-0.1, -0.05) is 17.3 Å². The van der Waals surface area contributed by atoms with Crippen LogP contribution >= 0.6 is 0 Å². The molecule has 2 heterocycles. The van der Waals surface area contributed by atoms with Crippen LogP contribution in [-0.2, 0) is 7.05 Å². The predicted octanol–water partition coefficient (Wildman–Crippen LogP) is 3.45. The Morgan fingerprint density at radius 3 is 2.22 bits per heavy atom. The van der Waals surface area contributed by atoms with Crippen LogP contribution in [0.1, 0.15) is 0 Å². The van der Waals surface area contributed by atoms with Crippen molar-refractivity contribution in [2.75, 3.05) is 21.3 Å². The Morgan fingerprint density at radius 2 is 1.56 bits per heavy atom. The molecule has 0 aliphatic rings. The van der Waals surface area contributed by atoms with E-state index in [1.165, 1.54) is 0 Å². The van der Waals surface area contributed by atoms with Gasteiger partial charge in [-0.25, -0.2) is 0 Å². The van der Waals surface area contributed by atoms with Gasteiger partial charge in [-0.2, -0.15) is 4.68 Å². The van der Waals surface area contributed by atoms with Gasteiger partial charge in [-0.15, -0.1) is 5.10 Å². The van der Waals surface area contributed by atoms with Crippen LogP contribution in [0, 0.1) is 0 Å². The topological polar surface area (TPSA) is 63.3 Å². The van der Waals surface area contributed by atoms with E-state index in [4.69, 9.17) is 14.2 Å². The molecule has 0 atom stereocenters. The number of fused-ring (bicyclic) bond motifs is 1. The minimum atomic E-state index is 0.669. The first-order valence-corrected chi connectivity index (χ1v) is 8.45. The van der Waals surface area contributed by atoms with Gasteiger partial charge < -0.3 is 18.8 Å². The van der Waals surface area contributed by atoms with Crippen LogP contribution in [0.3, 0.4) is 0 Å². The molecule has 0 spiro atoms. The van der Waals surface area contributed by atoms with Gasteiger partial charge in [-0.3, -0.25) is 0 Å². The summed E-state index contributed by atoms with van der Waals surface area (Å²) in [5.74, 6) is 2.90. The zero-order valence-corrected chi connectivity index (χ0v) is 15.6. The molecule has 0 bridgehead atoms. The molecule has 4 rings (SSSR count). The maximum atomic E-state index is 5.60. The van der Waals surface area contributed by atoms with E-state index in [0.717, 1.165) is 28.1 Å². The number of ether oxygens (including phenoxy) is 3. The van der Waals surface area contributed by atoms with Gasteiger partial charge in [0, 0.05) is 19.2 Å². The molecular weight excluding hydrogens is 344 g/mol. The summed E-state index contributed by atoms with van der Waals surface area (Å²) in [6.07, 6.45) is 0. The Morgan fingerprint density at radius 1 is 0.852 bits per heavy atom. The first-order valence-electron chi connectivity index (χ1n) is 8.45. The fourth-order valence-corrected chi connectivity index (χ4v) is 3.26. The van der Waals surface area contributed by atoms with Crippen LogP contribution in [0.15, 0.2) is 48.5 Å². The Bertz CT molecular complexity index is 1090. The predicted molar refractivity (Wildman–Crippen MR) is 103 cm³/mol. The van der Waals surface area contributed by atoms with Crippen molar-refractivity contribution in [3.8, 4) is 34.3 Å². The van der Waals surface area contributed by atoms with E-state index in [1.54, 1.807) is 21.3 Å². The quantitative estimate of drug-likeness (QED) is 0.543. The molecule has 0 saturated heterocycles. The minimum absolute atomic E-state index is 0.669. The Hall–Kier alpha value is -3.48. The Balaban J connectivity index is 1.91. The van der Waals surface area contributed by atoms with E-state index < -0.39 is 0 Å². The molecule has 2 aromatic carbocycles. The molecular formula is C20H20N4O3. The summed E-state index contributed by atoms with van der Waals surface area (Å²) in [4.78, 5) is 0. The lowest BCUT2D eigenvalue weighted by atomic mass is 10.1. The van der Waals surface area contributed by atoms with Gasteiger partial charge >= 0.3 is 0 Å². The molecule has 0 fully saturated rings. The molecule has 2 aromatic heterocycles. The highest BCUT2D eigenvalue weighted by molar-refractivity contribution is 5.79. The normalized spacial score (nSPS) is 11.0. The highest BCUT2D eigenvalue weighted by Gasteiger charge is 2.20.